The number of hydrogen-bond acceptors (Lipinski definition) is 4. The number of urea groups is 1. The number of nitrogens with zero attached hydrogens (tertiary/aromatic N) is 3. The van der Waals surface area contributed by atoms with Crippen LogP contribution in [-0.4, -0.2) is 21.1 Å². The van der Waals surface area contributed by atoms with E-state index in [1.165, 1.54) is 12.1 Å². The molecule has 1 aromatic heterocycles. The van der Waals surface area contributed by atoms with E-state index in [4.69, 9.17) is 4.52 Å². The van der Waals surface area contributed by atoms with Crippen molar-refractivity contribution in [2.45, 2.75) is 26.4 Å². The predicted octanol–water partition coefficient (Wildman–Crippen LogP) is 5.88. The first-order valence-electron chi connectivity index (χ1n) is 11.0. The Morgan fingerprint density at radius 2 is 1.68 bits per heavy atom. The minimum absolute atomic E-state index is 0.252. The zero-order chi connectivity index (χ0) is 23.7. The number of halogens is 1. The highest BCUT2D eigenvalue weighted by Crippen LogP contribution is 2.38. The molecule has 1 aliphatic rings. The van der Waals surface area contributed by atoms with Crippen molar-refractivity contribution in [2.24, 2.45) is 0 Å². The van der Waals surface area contributed by atoms with Crippen molar-refractivity contribution < 1.29 is 13.7 Å². The van der Waals surface area contributed by atoms with Crippen molar-refractivity contribution in [1.29, 1.82) is 0 Å². The van der Waals surface area contributed by atoms with Crippen LogP contribution in [0.1, 0.15) is 35.5 Å². The van der Waals surface area contributed by atoms with E-state index in [9.17, 15) is 9.18 Å². The SMILES string of the molecule is CC1=C(c2nc(-c3ccc(C)cc3)no2)C(c2ccc(F)cc2)NC(=O)N1Cc1ccccc1. The summed E-state index contributed by atoms with van der Waals surface area (Å²) in [5.74, 6) is 0.415. The standard InChI is InChI=1S/C27H23FN4O2/c1-17-8-10-21(11-9-17)25-30-26(34-31-25)23-18(2)32(16-19-6-4-3-5-7-19)27(33)29-24(23)20-12-14-22(28)15-13-20/h3-15,24H,16H2,1-2H3,(H,29,33). The number of hydrogen-bond donors (Lipinski definition) is 1. The van der Waals surface area contributed by atoms with Crippen LogP contribution in [0.25, 0.3) is 17.0 Å². The fraction of sp³-hybridized carbons (Fsp3) is 0.148. The largest absolute Gasteiger partial charge is 0.334 e. The zero-order valence-electron chi connectivity index (χ0n) is 18.8. The van der Waals surface area contributed by atoms with Crippen LogP contribution in [0.3, 0.4) is 0 Å². The first-order chi connectivity index (χ1) is 16.5. The molecule has 1 atom stereocenters. The highest BCUT2D eigenvalue weighted by Gasteiger charge is 2.35. The van der Waals surface area contributed by atoms with Crippen molar-refractivity contribution >= 4 is 11.6 Å². The second kappa shape index (κ2) is 8.94. The summed E-state index contributed by atoms with van der Waals surface area (Å²) in [5, 5.41) is 7.22. The molecule has 0 spiro atoms. The Morgan fingerprint density at radius 1 is 0.971 bits per heavy atom. The molecule has 170 valence electrons. The van der Waals surface area contributed by atoms with Gasteiger partial charge >= 0.3 is 6.03 Å². The van der Waals surface area contributed by atoms with E-state index in [1.54, 1.807) is 17.0 Å². The summed E-state index contributed by atoms with van der Waals surface area (Å²) in [6.45, 7) is 4.26. The molecule has 4 aromatic rings. The van der Waals surface area contributed by atoms with Gasteiger partial charge in [0, 0.05) is 11.3 Å². The molecular weight excluding hydrogens is 431 g/mol. The Kier molecular flexibility index (Phi) is 5.67. The van der Waals surface area contributed by atoms with Crippen molar-refractivity contribution in [1.82, 2.24) is 20.4 Å². The third kappa shape index (κ3) is 4.20. The molecule has 7 heteroatoms. The fourth-order valence-electron chi connectivity index (χ4n) is 4.07. The van der Waals surface area contributed by atoms with Crippen LogP contribution in [0.5, 0.6) is 0 Å². The molecule has 0 aliphatic carbocycles. The van der Waals surface area contributed by atoms with Gasteiger partial charge in [-0.05, 0) is 37.1 Å². The lowest BCUT2D eigenvalue weighted by atomic mass is 9.94. The maximum atomic E-state index is 13.6. The van der Waals surface area contributed by atoms with Gasteiger partial charge in [0.25, 0.3) is 5.89 Å². The molecule has 0 saturated heterocycles. The molecule has 1 N–H and O–H groups in total. The molecule has 0 radical (unpaired) electrons. The Morgan fingerprint density at radius 3 is 2.38 bits per heavy atom. The highest BCUT2D eigenvalue weighted by atomic mass is 19.1. The fourth-order valence-corrected chi connectivity index (χ4v) is 4.07. The topological polar surface area (TPSA) is 71.3 Å². The molecule has 2 amide bonds. The summed E-state index contributed by atoms with van der Waals surface area (Å²) < 4.78 is 19.3. The van der Waals surface area contributed by atoms with Crippen LogP contribution in [0.2, 0.25) is 0 Å². The number of aromatic nitrogens is 2. The highest BCUT2D eigenvalue weighted by molar-refractivity contribution is 5.86. The predicted molar refractivity (Wildman–Crippen MR) is 127 cm³/mol. The molecule has 0 saturated carbocycles. The van der Waals surface area contributed by atoms with Crippen LogP contribution in [0.15, 0.2) is 89.1 Å². The lowest BCUT2D eigenvalue weighted by Crippen LogP contribution is -2.45. The van der Waals surface area contributed by atoms with E-state index in [0.29, 0.717) is 29.5 Å². The summed E-state index contributed by atoms with van der Waals surface area (Å²) in [5.41, 5.74) is 5.04. The van der Waals surface area contributed by atoms with Gasteiger partial charge < -0.3 is 9.84 Å². The number of allylic oxidation sites excluding steroid dienone is 1. The van der Waals surface area contributed by atoms with Crippen LogP contribution in [0, 0.1) is 12.7 Å². The van der Waals surface area contributed by atoms with Crippen molar-refractivity contribution in [3.63, 3.8) is 0 Å². The van der Waals surface area contributed by atoms with Gasteiger partial charge in [-0.3, -0.25) is 4.90 Å². The summed E-state index contributed by atoms with van der Waals surface area (Å²) in [6.07, 6.45) is 0. The second-order valence-corrected chi connectivity index (χ2v) is 8.29. The molecule has 3 aromatic carbocycles. The van der Waals surface area contributed by atoms with E-state index < -0.39 is 6.04 Å². The lowest BCUT2D eigenvalue weighted by molar-refractivity contribution is 0.203. The van der Waals surface area contributed by atoms with Gasteiger partial charge in [-0.1, -0.05) is 77.5 Å². The molecule has 6 nitrogen and oxygen atoms in total. The number of rotatable bonds is 5. The Balaban J connectivity index is 1.59. The van der Waals surface area contributed by atoms with E-state index in [-0.39, 0.29) is 11.8 Å². The number of carbonyl (C=O) groups excluding carboxylic acids is 1. The number of carbonyl (C=O) groups is 1. The maximum absolute atomic E-state index is 13.6. The number of aryl methyl sites for hydroxylation is 1. The maximum Gasteiger partial charge on any atom is 0.322 e. The van der Waals surface area contributed by atoms with Crippen LogP contribution >= 0.6 is 0 Å². The van der Waals surface area contributed by atoms with Crippen LogP contribution in [-0.2, 0) is 6.54 Å². The molecule has 5 rings (SSSR count). The number of nitrogens with one attached hydrogen (secondary N) is 1. The molecular formula is C27H23FN4O2. The molecule has 0 fully saturated rings. The monoisotopic (exact) mass is 454 g/mol. The van der Waals surface area contributed by atoms with Gasteiger partial charge in [0.2, 0.25) is 5.82 Å². The quantitative estimate of drug-likeness (QED) is 0.409. The van der Waals surface area contributed by atoms with Crippen molar-refractivity contribution in [3.8, 4) is 11.4 Å². The summed E-state index contributed by atoms with van der Waals surface area (Å²) in [4.78, 5) is 19.4. The van der Waals surface area contributed by atoms with E-state index >= 15 is 0 Å². The van der Waals surface area contributed by atoms with Gasteiger partial charge in [0.1, 0.15) is 5.82 Å². The van der Waals surface area contributed by atoms with Crippen LogP contribution in [0.4, 0.5) is 9.18 Å². The van der Waals surface area contributed by atoms with E-state index in [1.807, 2.05) is 68.4 Å². The van der Waals surface area contributed by atoms with E-state index in [0.717, 1.165) is 22.3 Å². The van der Waals surface area contributed by atoms with Gasteiger partial charge in [-0.2, -0.15) is 4.98 Å². The molecule has 34 heavy (non-hydrogen) atoms. The lowest BCUT2D eigenvalue weighted by Gasteiger charge is -2.35. The first kappa shape index (κ1) is 21.6. The summed E-state index contributed by atoms with van der Waals surface area (Å²) in [6, 6.07) is 22.8. The third-order valence-corrected chi connectivity index (χ3v) is 5.95. The minimum atomic E-state index is -0.563. The molecule has 2 heterocycles. The first-order valence-corrected chi connectivity index (χ1v) is 11.0. The van der Waals surface area contributed by atoms with Gasteiger partial charge in [0.15, 0.2) is 0 Å². The van der Waals surface area contributed by atoms with Crippen molar-refractivity contribution in [2.75, 3.05) is 0 Å². The normalized spacial score (nSPS) is 16.0. The number of benzene rings is 3. The van der Waals surface area contributed by atoms with Gasteiger partial charge in [-0.15, -0.1) is 0 Å². The van der Waals surface area contributed by atoms with Gasteiger partial charge in [-0.25, -0.2) is 9.18 Å². The Bertz CT molecular complexity index is 1350. The minimum Gasteiger partial charge on any atom is -0.334 e. The molecule has 1 unspecified atom stereocenters. The molecule has 1 aliphatic heterocycles. The van der Waals surface area contributed by atoms with Gasteiger partial charge in [0.05, 0.1) is 18.2 Å². The Hall–Kier alpha value is -4.26. The third-order valence-electron chi connectivity index (χ3n) is 5.95. The molecule has 0 bridgehead atoms. The zero-order valence-corrected chi connectivity index (χ0v) is 18.8. The second-order valence-electron chi connectivity index (χ2n) is 8.29. The Labute approximate surface area is 196 Å². The number of amides is 2. The van der Waals surface area contributed by atoms with Crippen molar-refractivity contribution in [3.05, 3.63) is 113 Å². The smallest absolute Gasteiger partial charge is 0.322 e. The van der Waals surface area contributed by atoms with Crippen LogP contribution < -0.4 is 5.32 Å². The summed E-state index contributed by atoms with van der Waals surface area (Å²) >= 11 is 0. The summed E-state index contributed by atoms with van der Waals surface area (Å²) in [7, 11) is 0. The van der Waals surface area contributed by atoms with E-state index in [2.05, 4.69) is 15.5 Å². The average molecular weight is 455 g/mol. The average Bonchev–Trinajstić information content (AvgIpc) is 3.33.